The number of phenolic OH excluding ortho intramolecular Hbond substituents is 1. The summed E-state index contributed by atoms with van der Waals surface area (Å²) in [6.07, 6.45) is 6.39. The number of benzene rings is 2. The van der Waals surface area contributed by atoms with Gasteiger partial charge in [-0.2, -0.15) is 0 Å². The molecule has 2 aliphatic rings. The van der Waals surface area contributed by atoms with Crippen molar-refractivity contribution in [2.45, 2.75) is 32.0 Å². The van der Waals surface area contributed by atoms with Gasteiger partial charge in [0.25, 0.3) is 0 Å². The minimum Gasteiger partial charge on any atom is -0.504 e. The quantitative estimate of drug-likeness (QED) is 0.699. The predicted molar refractivity (Wildman–Crippen MR) is 109 cm³/mol. The van der Waals surface area contributed by atoms with Crippen LogP contribution in [0.3, 0.4) is 0 Å². The Balaban J connectivity index is 1.44. The summed E-state index contributed by atoms with van der Waals surface area (Å²) in [5.41, 5.74) is 4.14. The van der Waals surface area contributed by atoms with Crippen LogP contribution in [-0.4, -0.2) is 32.7 Å². The highest BCUT2D eigenvalue weighted by Crippen LogP contribution is 2.39. The molecule has 2 aromatic carbocycles. The third-order valence-electron chi connectivity index (χ3n) is 5.42. The maximum absolute atomic E-state index is 10.6. The Bertz CT molecular complexity index is 1010. The lowest BCUT2D eigenvalue weighted by molar-refractivity contribution is 0.213. The van der Waals surface area contributed by atoms with Gasteiger partial charge in [0.1, 0.15) is 6.61 Å². The number of rotatable bonds is 4. The molecule has 5 nitrogen and oxygen atoms in total. The minimum absolute atomic E-state index is 0.178. The monoisotopic (exact) mass is 395 g/mol. The van der Waals surface area contributed by atoms with Crippen LogP contribution < -0.4 is 4.74 Å². The summed E-state index contributed by atoms with van der Waals surface area (Å²) in [7, 11) is 0. The van der Waals surface area contributed by atoms with E-state index in [1.165, 1.54) is 18.5 Å². The van der Waals surface area contributed by atoms with Crippen molar-refractivity contribution in [1.29, 1.82) is 0 Å². The molecule has 0 bridgehead atoms. The van der Waals surface area contributed by atoms with Gasteiger partial charge in [0.2, 0.25) is 0 Å². The number of imidazole rings is 1. The zero-order chi connectivity index (χ0) is 19.1. The van der Waals surface area contributed by atoms with Crippen LogP contribution in [-0.2, 0) is 13.1 Å². The Hall–Kier alpha value is -2.50. The SMILES string of the molecule is Oc1cc(-c2cccc(Cl)c2)cc2c1OCCN(Cc1cncn1C1CC1)C2. The van der Waals surface area contributed by atoms with Gasteiger partial charge in [0.15, 0.2) is 11.5 Å². The largest absolute Gasteiger partial charge is 0.504 e. The van der Waals surface area contributed by atoms with Crippen LogP contribution in [0.1, 0.15) is 30.1 Å². The smallest absolute Gasteiger partial charge is 0.165 e. The molecule has 1 saturated carbocycles. The minimum atomic E-state index is 0.178. The van der Waals surface area contributed by atoms with Gasteiger partial charge in [-0.05, 0) is 48.2 Å². The van der Waals surface area contributed by atoms with E-state index in [1.54, 1.807) is 6.07 Å². The molecule has 1 N–H and O–H groups in total. The average Bonchev–Trinajstić information content (AvgIpc) is 3.45. The molecular weight excluding hydrogens is 374 g/mol. The van der Waals surface area contributed by atoms with Gasteiger partial charge in [-0.3, -0.25) is 4.90 Å². The molecule has 0 unspecified atom stereocenters. The number of aromatic nitrogens is 2. The first-order valence-corrected chi connectivity index (χ1v) is 10.0. The normalized spacial score (nSPS) is 17.0. The topological polar surface area (TPSA) is 50.5 Å². The molecule has 6 heteroatoms. The first kappa shape index (κ1) is 17.6. The Morgan fingerprint density at radius 1 is 1.18 bits per heavy atom. The molecule has 0 saturated heterocycles. The molecule has 2 heterocycles. The molecule has 1 aliphatic carbocycles. The predicted octanol–water partition coefficient (Wildman–Crippen LogP) is 4.64. The van der Waals surface area contributed by atoms with Crippen LogP contribution in [0.15, 0.2) is 48.9 Å². The van der Waals surface area contributed by atoms with Gasteiger partial charge in [0.05, 0.1) is 12.0 Å². The molecular formula is C22H22ClN3O2. The van der Waals surface area contributed by atoms with E-state index in [4.69, 9.17) is 16.3 Å². The van der Waals surface area contributed by atoms with Crippen molar-refractivity contribution >= 4 is 11.6 Å². The number of nitrogens with zero attached hydrogens (tertiary/aromatic N) is 3. The Labute approximate surface area is 169 Å². The summed E-state index contributed by atoms with van der Waals surface area (Å²) in [6.45, 7) is 2.89. The van der Waals surface area contributed by atoms with E-state index >= 15 is 0 Å². The molecule has 0 amide bonds. The van der Waals surface area contributed by atoms with Gasteiger partial charge >= 0.3 is 0 Å². The maximum atomic E-state index is 10.6. The molecule has 28 heavy (non-hydrogen) atoms. The van der Waals surface area contributed by atoms with E-state index in [0.29, 0.717) is 30.0 Å². The molecule has 1 fully saturated rings. The number of ether oxygens (including phenoxy) is 1. The fourth-order valence-electron chi connectivity index (χ4n) is 3.89. The lowest BCUT2D eigenvalue weighted by atomic mass is 10.0. The van der Waals surface area contributed by atoms with Gasteiger partial charge < -0.3 is 14.4 Å². The zero-order valence-electron chi connectivity index (χ0n) is 15.5. The van der Waals surface area contributed by atoms with Crippen molar-refractivity contribution in [3.05, 3.63) is 65.2 Å². The van der Waals surface area contributed by atoms with Gasteiger partial charge in [-0.15, -0.1) is 0 Å². The summed E-state index contributed by atoms with van der Waals surface area (Å²) in [6, 6.07) is 12.1. The first-order valence-electron chi connectivity index (χ1n) is 9.65. The fraction of sp³-hybridized carbons (Fsp3) is 0.318. The third kappa shape index (κ3) is 3.48. The first-order chi connectivity index (χ1) is 13.7. The second-order valence-electron chi connectivity index (χ2n) is 7.58. The van der Waals surface area contributed by atoms with E-state index in [1.807, 2.05) is 36.8 Å². The molecule has 0 spiro atoms. The number of fused-ring (bicyclic) bond motifs is 1. The van der Waals surface area contributed by atoms with E-state index in [9.17, 15) is 5.11 Å². The summed E-state index contributed by atoms with van der Waals surface area (Å²) < 4.78 is 8.19. The van der Waals surface area contributed by atoms with Crippen molar-refractivity contribution in [3.8, 4) is 22.6 Å². The standard InChI is InChI=1S/C22H22ClN3O2/c23-18-3-1-2-15(9-18)16-8-17-12-25(6-7-28-22(17)21(27)10-16)13-20-11-24-14-26(20)19-4-5-19/h1-3,8-11,14,19,27H,4-7,12-13H2. The van der Waals surface area contributed by atoms with Gasteiger partial charge in [-0.1, -0.05) is 23.7 Å². The summed E-state index contributed by atoms with van der Waals surface area (Å²) >= 11 is 6.15. The lowest BCUT2D eigenvalue weighted by Gasteiger charge is -2.20. The highest BCUT2D eigenvalue weighted by molar-refractivity contribution is 6.30. The van der Waals surface area contributed by atoms with E-state index in [-0.39, 0.29) is 5.75 Å². The van der Waals surface area contributed by atoms with Crippen molar-refractivity contribution in [2.75, 3.05) is 13.2 Å². The van der Waals surface area contributed by atoms with Crippen molar-refractivity contribution < 1.29 is 9.84 Å². The maximum Gasteiger partial charge on any atom is 0.165 e. The van der Waals surface area contributed by atoms with E-state index in [0.717, 1.165) is 29.8 Å². The number of halogens is 1. The van der Waals surface area contributed by atoms with Crippen LogP contribution >= 0.6 is 11.6 Å². The third-order valence-corrected chi connectivity index (χ3v) is 5.66. The number of hydrogen-bond acceptors (Lipinski definition) is 4. The average molecular weight is 396 g/mol. The second kappa shape index (κ2) is 7.15. The fourth-order valence-corrected chi connectivity index (χ4v) is 4.08. The van der Waals surface area contributed by atoms with Gasteiger partial charge in [-0.25, -0.2) is 4.98 Å². The van der Waals surface area contributed by atoms with Crippen molar-refractivity contribution in [1.82, 2.24) is 14.5 Å². The lowest BCUT2D eigenvalue weighted by Crippen LogP contribution is -2.26. The number of hydrogen-bond donors (Lipinski definition) is 1. The summed E-state index contributed by atoms with van der Waals surface area (Å²) in [4.78, 5) is 6.70. The van der Waals surface area contributed by atoms with Crippen molar-refractivity contribution in [2.24, 2.45) is 0 Å². The molecule has 144 valence electrons. The molecule has 1 aromatic heterocycles. The van der Waals surface area contributed by atoms with Crippen LogP contribution in [0, 0.1) is 0 Å². The Kier molecular flexibility index (Phi) is 4.49. The zero-order valence-corrected chi connectivity index (χ0v) is 16.3. The Morgan fingerprint density at radius 2 is 2.07 bits per heavy atom. The second-order valence-corrected chi connectivity index (χ2v) is 8.01. The van der Waals surface area contributed by atoms with Crippen LogP contribution in [0.25, 0.3) is 11.1 Å². The van der Waals surface area contributed by atoms with E-state index in [2.05, 4.69) is 20.5 Å². The van der Waals surface area contributed by atoms with E-state index < -0.39 is 0 Å². The molecule has 0 radical (unpaired) electrons. The number of phenols is 1. The highest BCUT2D eigenvalue weighted by Gasteiger charge is 2.26. The Morgan fingerprint density at radius 3 is 2.89 bits per heavy atom. The molecule has 5 rings (SSSR count). The molecule has 3 aromatic rings. The van der Waals surface area contributed by atoms with Crippen LogP contribution in [0.4, 0.5) is 0 Å². The highest BCUT2D eigenvalue weighted by atomic mass is 35.5. The number of aromatic hydroxyl groups is 1. The summed E-state index contributed by atoms with van der Waals surface area (Å²) in [5, 5.41) is 11.2. The summed E-state index contributed by atoms with van der Waals surface area (Å²) in [5.74, 6) is 0.765. The molecule has 1 aliphatic heterocycles. The molecule has 0 atom stereocenters. The van der Waals surface area contributed by atoms with Crippen LogP contribution in [0.5, 0.6) is 11.5 Å². The van der Waals surface area contributed by atoms with Crippen LogP contribution in [0.2, 0.25) is 5.02 Å². The van der Waals surface area contributed by atoms with Gasteiger partial charge in [0, 0.05) is 42.5 Å². The van der Waals surface area contributed by atoms with Crippen molar-refractivity contribution in [3.63, 3.8) is 0 Å².